The van der Waals surface area contributed by atoms with Gasteiger partial charge < -0.3 is 29.8 Å². The van der Waals surface area contributed by atoms with Crippen LogP contribution in [0.1, 0.15) is 31.9 Å². The average molecular weight is 389 g/mol. The Bertz CT molecular complexity index is 809. The van der Waals surface area contributed by atoms with Crippen LogP contribution in [0.2, 0.25) is 0 Å². The summed E-state index contributed by atoms with van der Waals surface area (Å²) in [5.41, 5.74) is 2.13. The van der Waals surface area contributed by atoms with E-state index in [9.17, 15) is 0 Å². The van der Waals surface area contributed by atoms with Gasteiger partial charge in [-0.3, -0.25) is 4.99 Å². The number of aromatic amines is 1. The summed E-state index contributed by atoms with van der Waals surface area (Å²) < 4.78 is 16.6. The summed E-state index contributed by atoms with van der Waals surface area (Å²) in [6.45, 7) is 4.62. The average Bonchev–Trinajstić information content (AvgIpc) is 3.32. The van der Waals surface area contributed by atoms with Gasteiger partial charge in [-0.05, 0) is 38.7 Å². The molecule has 1 aliphatic heterocycles. The van der Waals surface area contributed by atoms with Crippen molar-refractivity contribution in [2.24, 2.45) is 4.99 Å². The number of H-pyrrole nitrogens is 1. The Morgan fingerprint density at radius 1 is 1.25 bits per heavy atom. The van der Waals surface area contributed by atoms with Crippen molar-refractivity contribution in [2.45, 2.75) is 38.2 Å². The predicted molar refractivity (Wildman–Crippen MR) is 113 cm³/mol. The first kappa shape index (κ1) is 20.3. The second kappa shape index (κ2) is 9.19. The van der Waals surface area contributed by atoms with Crippen LogP contribution < -0.4 is 20.1 Å². The van der Waals surface area contributed by atoms with Crippen molar-refractivity contribution < 1.29 is 14.2 Å². The van der Waals surface area contributed by atoms with Crippen molar-refractivity contribution in [3.05, 3.63) is 23.9 Å². The Kier molecular flexibility index (Phi) is 6.67. The highest BCUT2D eigenvalue weighted by molar-refractivity contribution is 5.88. The van der Waals surface area contributed by atoms with Gasteiger partial charge in [0, 0.05) is 50.0 Å². The zero-order chi connectivity index (χ0) is 20.0. The van der Waals surface area contributed by atoms with Crippen molar-refractivity contribution in [3.8, 4) is 11.5 Å². The van der Waals surface area contributed by atoms with E-state index in [0.717, 1.165) is 73.7 Å². The minimum absolute atomic E-state index is 0.0813. The van der Waals surface area contributed by atoms with Crippen LogP contribution in [0.3, 0.4) is 0 Å². The van der Waals surface area contributed by atoms with Crippen LogP contribution in [0, 0.1) is 0 Å². The Morgan fingerprint density at radius 2 is 2.11 bits per heavy atom. The standard InChI is InChI=1S/C21H32N4O3/c1-21(8-6-10-28-21)14-24-20(22-2)23-9-5-7-15-11-17-18(25-15)12-16(26-3)13-19(17)27-4/h11-13,25H,5-10,14H2,1-4H3,(H2,22,23,24). The van der Waals surface area contributed by atoms with Gasteiger partial charge in [-0.1, -0.05) is 0 Å². The molecule has 2 heterocycles. The molecule has 1 aromatic heterocycles. The fraction of sp³-hybridized carbons (Fsp3) is 0.571. The molecular weight excluding hydrogens is 356 g/mol. The summed E-state index contributed by atoms with van der Waals surface area (Å²) in [6, 6.07) is 6.06. The van der Waals surface area contributed by atoms with Gasteiger partial charge in [-0.15, -0.1) is 0 Å². The van der Waals surface area contributed by atoms with Crippen LogP contribution in [-0.2, 0) is 11.2 Å². The maximum atomic E-state index is 5.81. The number of methoxy groups -OCH3 is 2. The van der Waals surface area contributed by atoms with E-state index in [1.165, 1.54) is 5.69 Å². The van der Waals surface area contributed by atoms with Crippen LogP contribution in [0.25, 0.3) is 10.9 Å². The zero-order valence-electron chi connectivity index (χ0n) is 17.4. The molecule has 0 amide bonds. The molecule has 1 unspecified atom stereocenters. The summed E-state index contributed by atoms with van der Waals surface area (Å²) in [5.74, 6) is 2.43. The van der Waals surface area contributed by atoms with E-state index >= 15 is 0 Å². The van der Waals surface area contributed by atoms with E-state index in [-0.39, 0.29) is 5.60 Å². The molecule has 0 spiro atoms. The Balaban J connectivity index is 1.49. The molecule has 28 heavy (non-hydrogen) atoms. The number of aromatic nitrogens is 1. The second-order valence-corrected chi connectivity index (χ2v) is 7.44. The van der Waals surface area contributed by atoms with Gasteiger partial charge in [0.05, 0.1) is 25.3 Å². The number of ether oxygens (including phenoxy) is 3. The molecule has 1 aromatic carbocycles. The first-order valence-corrected chi connectivity index (χ1v) is 9.89. The van der Waals surface area contributed by atoms with E-state index in [1.807, 2.05) is 12.1 Å². The van der Waals surface area contributed by atoms with E-state index in [0.29, 0.717) is 0 Å². The Morgan fingerprint density at radius 3 is 2.79 bits per heavy atom. The maximum Gasteiger partial charge on any atom is 0.191 e. The number of aliphatic imine (C=N–C) groups is 1. The highest BCUT2D eigenvalue weighted by Gasteiger charge is 2.29. The number of guanidine groups is 1. The van der Waals surface area contributed by atoms with Crippen molar-refractivity contribution >= 4 is 16.9 Å². The third-order valence-electron chi connectivity index (χ3n) is 5.25. The summed E-state index contributed by atoms with van der Waals surface area (Å²) in [6.07, 6.45) is 4.14. The summed E-state index contributed by atoms with van der Waals surface area (Å²) >= 11 is 0. The molecule has 3 N–H and O–H groups in total. The number of benzene rings is 1. The van der Waals surface area contributed by atoms with Crippen LogP contribution in [0.5, 0.6) is 11.5 Å². The molecule has 3 rings (SSSR count). The molecule has 1 saturated heterocycles. The van der Waals surface area contributed by atoms with Crippen molar-refractivity contribution in [1.29, 1.82) is 0 Å². The highest BCUT2D eigenvalue weighted by atomic mass is 16.5. The SMILES string of the molecule is CN=C(NCCCc1cc2c(OC)cc(OC)cc2[nH]1)NCC1(C)CCCO1. The van der Waals surface area contributed by atoms with Crippen LogP contribution in [0.15, 0.2) is 23.2 Å². The molecule has 1 aliphatic rings. The molecule has 154 valence electrons. The van der Waals surface area contributed by atoms with Crippen LogP contribution in [-0.4, -0.2) is 57.5 Å². The molecule has 0 radical (unpaired) electrons. The fourth-order valence-electron chi connectivity index (χ4n) is 3.61. The van der Waals surface area contributed by atoms with Crippen molar-refractivity contribution in [3.63, 3.8) is 0 Å². The molecule has 0 bridgehead atoms. The maximum absolute atomic E-state index is 5.81. The first-order chi connectivity index (χ1) is 13.6. The second-order valence-electron chi connectivity index (χ2n) is 7.44. The lowest BCUT2D eigenvalue weighted by Crippen LogP contribution is -2.45. The minimum Gasteiger partial charge on any atom is -0.497 e. The number of rotatable bonds is 8. The number of fused-ring (bicyclic) bond motifs is 1. The molecule has 7 nitrogen and oxygen atoms in total. The topological polar surface area (TPSA) is 79.9 Å². The lowest BCUT2D eigenvalue weighted by Gasteiger charge is -2.24. The summed E-state index contributed by atoms with van der Waals surface area (Å²) in [5, 5.41) is 7.83. The number of hydrogen-bond donors (Lipinski definition) is 3. The predicted octanol–water partition coefficient (Wildman–Crippen LogP) is 2.85. The van der Waals surface area contributed by atoms with Crippen LogP contribution >= 0.6 is 0 Å². The molecule has 1 fully saturated rings. The van der Waals surface area contributed by atoms with Gasteiger partial charge in [-0.2, -0.15) is 0 Å². The molecule has 0 aliphatic carbocycles. The normalized spacial score (nSPS) is 19.8. The van der Waals surface area contributed by atoms with Gasteiger partial charge >= 0.3 is 0 Å². The van der Waals surface area contributed by atoms with Gasteiger partial charge in [0.2, 0.25) is 0 Å². The number of aryl methyl sites for hydroxylation is 1. The largest absolute Gasteiger partial charge is 0.497 e. The molecule has 7 heteroatoms. The molecule has 0 saturated carbocycles. The van der Waals surface area contributed by atoms with Gasteiger partial charge in [0.1, 0.15) is 11.5 Å². The lowest BCUT2D eigenvalue weighted by molar-refractivity contribution is 0.0243. The monoisotopic (exact) mass is 388 g/mol. The van der Waals surface area contributed by atoms with Gasteiger partial charge in [0.25, 0.3) is 0 Å². The number of nitrogens with zero attached hydrogens (tertiary/aromatic N) is 1. The smallest absolute Gasteiger partial charge is 0.191 e. The Hall–Kier alpha value is -2.41. The van der Waals surface area contributed by atoms with Gasteiger partial charge in [-0.25, -0.2) is 0 Å². The third kappa shape index (κ3) is 4.90. The highest BCUT2D eigenvalue weighted by Crippen LogP contribution is 2.31. The van der Waals surface area contributed by atoms with E-state index in [2.05, 4.69) is 33.6 Å². The van der Waals surface area contributed by atoms with E-state index in [1.54, 1.807) is 21.3 Å². The molecule has 1 atom stereocenters. The summed E-state index contributed by atoms with van der Waals surface area (Å²) in [7, 11) is 5.14. The molecule has 2 aromatic rings. The number of hydrogen-bond acceptors (Lipinski definition) is 4. The third-order valence-corrected chi connectivity index (χ3v) is 5.25. The van der Waals surface area contributed by atoms with E-state index < -0.39 is 0 Å². The quantitative estimate of drug-likeness (QED) is 0.368. The fourth-order valence-corrected chi connectivity index (χ4v) is 3.61. The first-order valence-electron chi connectivity index (χ1n) is 9.89. The van der Waals surface area contributed by atoms with Crippen molar-refractivity contribution in [1.82, 2.24) is 15.6 Å². The van der Waals surface area contributed by atoms with Gasteiger partial charge in [0.15, 0.2) is 5.96 Å². The lowest BCUT2D eigenvalue weighted by atomic mass is 10.0. The van der Waals surface area contributed by atoms with Crippen molar-refractivity contribution in [2.75, 3.05) is 41.0 Å². The zero-order valence-corrected chi connectivity index (χ0v) is 17.4. The number of nitrogens with one attached hydrogen (secondary N) is 3. The molecular formula is C21H32N4O3. The van der Waals surface area contributed by atoms with E-state index in [4.69, 9.17) is 14.2 Å². The minimum atomic E-state index is -0.0813. The Labute approximate surface area is 166 Å². The summed E-state index contributed by atoms with van der Waals surface area (Å²) in [4.78, 5) is 7.77. The van der Waals surface area contributed by atoms with Crippen LogP contribution in [0.4, 0.5) is 0 Å².